The normalized spacial score (nSPS) is 17.2. The lowest BCUT2D eigenvalue weighted by atomic mass is 9.87. The van der Waals surface area contributed by atoms with E-state index >= 15 is 0 Å². The number of carbonyl (C=O) groups is 1. The summed E-state index contributed by atoms with van der Waals surface area (Å²) in [6.07, 6.45) is 3.17. The predicted molar refractivity (Wildman–Crippen MR) is 83.5 cm³/mol. The van der Waals surface area contributed by atoms with Crippen molar-refractivity contribution in [3.8, 4) is 0 Å². The van der Waals surface area contributed by atoms with Gasteiger partial charge in [0.1, 0.15) is 11.0 Å². The highest BCUT2D eigenvalue weighted by molar-refractivity contribution is 5.97. The molecule has 3 aromatic rings. The minimum Gasteiger partial charge on any atom is -0.345 e. The SMILES string of the molecule is O=C(N[C@@H]1CCCc2ccccc21)c1ccc2n[nH]nc2c1. The Morgan fingerprint density at radius 2 is 2.00 bits per heavy atom. The molecule has 1 aromatic heterocycles. The minimum absolute atomic E-state index is 0.0633. The summed E-state index contributed by atoms with van der Waals surface area (Å²) in [5.74, 6) is -0.0633. The van der Waals surface area contributed by atoms with Crippen molar-refractivity contribution in [1.82, 2.24) is 20.7 Å². The van der Waals surface area contributed by atoms with Crippen LogP contribution in [0.4, 0.5) is 0 Å². The van der Waals surface area contributed by atoms with Crippen molar-refractivity contribution in [2.24, 2.45) is 0 Å². The number of amides is 1. The molecule has 5 nitrogen and oxygen atoms in total. The largest absolute Gasteiger partial charge is 0.345 e. The van der Waals surface area contributed by atoms with Crippen LogP contribution in [0.25, 0.3) is 11.0 Å². The molecule has 4 rings (SSSR count). The maximum Gasteiger partial charge on any atom is 0.251 e. The Balaban J connectivity index is 1.59. The number of nitrogens with one attached hydrogen (secondary N) is 2. The average molecular weight is 292 g/mol. The topological polar surface area (TPSA) is 70.7 Å². The number of fused-ring (bicyclic) bond motifs is 2. The van der Waals surface area contributed by atoms with Crippen molar-refractivity contribution in [2.75, 3.05) is 0 Å². The monoisotopic (exact) mass is 292 g/mol. The zero-order valence-electron chi connectivity index (χ0n) is 12.0. The smallest absolute Gasteiger partial charge is 0.251 e. The summed E-state index contributed by atoms with van der Waals surface area (Å²) in [6, 6.07) is 13.8. The van der Waals surface area contributed by atoms with Gasteiger partial charge in [-0.1, -0.05) is 24.3 Å². The van der Waals surface area contributed by atoms with Crippen LogP contribution in [0.3, 0.4) is 0 Å². The van der Waals surface area contributed by atoms with E-state index in [1.807, 2.05) is 12.1 Å². The Morgan fingerprint density at radius 1 is 1.14 bits per heavy atom. The van der Waals surface area contributed by atoms with E-state index in [0.29, 0.717) is 11.1 Å². The molecule has 0 aliphatic heterocycles. The first-order chi connectivity index (χ1) is 10.8. The maximum atomic E-state index is 12.5. The molecule has 0 bridgehead atoms. The van der Waals surface area contributed by atoms with E-state index in [2.05, 4.69) is 38.9 Å². The number of aromatic nitrogens is 3. The van der Waals surface area contributed by atoms with Crippen molar-refractivity contribution >= 4 is 16.9 Å². The summed E-state index contributed by atoms with van der Waals surface area (Å²) < 4.78 is 0. The molecule has 1 heterocycles. The maximum absolute atomic E-state index is 12.5. The average Bonchev–Trinajstić information content (AvgIpc) is 3.02. The molecule has 0 saturated heterocycles. The van der Waals surface area contributed by atoms with Crippen molar-refractivity contribution in [1.29, 1.82) is 0 Å². The van der Waals surface area contributed by atoms with E-state index in [9.17, 15) is 4.79 Å². The third-order valence-corrected chi connectivity index (χ3v) is 4.25. The van der Waals surface area contributed by atoms with Crippen molar-refractivity contribution in [3.05, 3.63) is 59.2 Å². The second kappa shape index (κ2) is 5.26. The van der Waals surface area contributed by atoms with Gasteiger partial charge in [0.05, 0.1) is 6.04 Å². The number of nitrogens with zero attached hydrogens (tertiary/aromatic N) is 2. The number of hydrogen-bond acceptors (Lipinski definition) is 3. The van der Waals surface area contributed by atoms with Gasteiger partial charge in [0.25, 0.3) is 5.91 Å². The quantitative estimate of drug-likeness (QED) is 0.763. The number of hydrogen-bond donors (Lipinski definition) is 2. The number of benzene rings is 2. The van der Waals surface area contributed by atoms with E-state index in [-0.39, 0.29) is 11.9 Å². The van der Waals surface area contributed by atoms with E-state index < -0.39 is 0 Å². The van der Waals surface area contributed by atoms with Crippen LogP contribution in [-0.4, -0.2) is 21.3 Å². The van der Waals surface area contributed by atoms with Gasteiger partial charge in [0, 0.05) is 5.56 Å². The number of carbonyl (C=O) groups excluding carboxylic acids is 1. The number of aromatic amines is 1. The van der Waals surface area contributed by atoms with Crippen LogP contribution in [0, 0.1) is 0 Å². The Labute approximate surface area is 127 Å². The zero-order valence-corrected chi connectivity index (χ0v) is 12.0. The molecule has 0 saturated carbocycles. The first-order valence-corrected chi connectivity index (χ1v) is 7.50. The molecule has 1 atom stereocenters. The molecule has 0 radical (unpaired) electrons. The van der Waals surface area contributed by atoms with Gasteiger partial charge in [0.15, 0.2) is 0 Å². The van der Waals surface area contributed by atoms with E-state index in [1.165, 1.54) is 11.1 Å². The van der Waals surface area contributed by atoms with Crippen LogP contribution in [-0.2, 0) is 6.42 Å². The third-order valence-electron chi connectivity index (χ3n) is 4.25. The van der Waals surface area contributed by atoms with Crippen LogP contribution < -0.4 is 5.32 Å². The van der Waals surface area contributed by atoms with Crippen molar-refractivity contribution in [3.63, 3.8) is 0 Å². The number of aryl methyl sites for hydroxylation is 1. The highest BCUT2D eigenvalue weighted by atomic mass is 16.1. The van der Waals surface area contributed by atoms with Gasteiger partial charge in [-0.3, -0.25) is 4.79 Å². The highest BCUT2D eigenvalue weighted by Crippen LogP contribution is 2.29. The van der Waals surface area contributed by atoms with Gasteiger partial charge in [-0.2, -0.15) is 15.4 Å². The minimum atomic E-state index is -0.0633. The molecular weight excluding hydrogens is 276 g/mol. The van der Waals surface area contributed by atoms with Crippen LogP contribution in [0.5, 0.6) is 0 Å². The molecule has 1 aliphatic rings. The Bertz CT molecular complexity index is 839. The standard InChI is InChI=1S/C17H16N4O/c22-17(12-8-9-15-16(10-12)20-21-19-15)18-14-7-3-5-11-4-1-2-6-13(11)14/h1-2,4,6,8-10,14H,3,5,7H2,(H,18,22)(H,19,20,21)/t14-/m1/s1. The molecule has 0 fully saturated rings. The molecule has 2 N–H and O–H groups in total. The summed E-state index contributed by atoms with van der Waals surface area (Å²) in [4.78, 5) is 12.5. The second-order valence-corrected chi connectivity index (χ2v) is 5.64. The van der Waals surface area contributed by atoms with E-state index in [1.54, 1.807) is 12.1 Å². The lowest BCUT2D eigenvalue weighted by molar-refractivity contribution is 0.0933. The highest BCUT2D eigenvalue weighted by Gasteiger charge is 2.22. The molecule has 22 heavy (non-hydrogen) atoms. The first kappa shape index (κ1) is 13.0. The van der Waals surface area contributed by atoms with E-state index in [4.69, 9.17) is 0 Å². The van der Waals surface area contributed by atoms with Gasteiger partial charge in [-0.25, -0.2) is 0 Å². The lowest BCUT2D eigenvalue weighted by Crippen LogP contribution is -2.30. The molecule has 1 aliphatic carbocycles. The summed E-state index contributed by atoms with van der Waals surface area (Å²) in [6.45, 7) is 0. The van der Waals surface area contributed by atoms with Gasteiger partial charge >= 0.3 is 0 Å². The molecule has 0 spiro atoms. The Morgan fingerprint density at radius 3 is 2.95 bits per heavy atom. The fourth-order valence-electron chi connectivity index (χ4n) is 3.13. The molecule has 110 valence electrons. The van der Waals surface area contributed by atoms with Gasteiger partial charge in [-0.15, -0.1) is 0 Å². The number of rotatable bonds is 2. The second-order valence-electron chi connectivity index (χ2n) is 5.64. The Hall–Kier alpha value is -2.69. The van der Waals surface area contributed by atoms with Crippen LogP contribution in [0.2, 0.25) is 0 Å². The molecule has 2 aromatic carbocycles. The third kappa shape index (κ3) is 2.24. The zero-order chi connectivity index (χ0) is 14.9. The summed E-state index contributed by atoms with van der Waals surface area (Å²) in [5, 5.41) is 13.7. The molecule has 1 amide bonds. The van der Waals surface area contributed by atoms with Gasteiger partial charge < -0.3 is 5.32 Å². The fourth-order valence-corrected chi connectivity index (χ4v) is 3.13. The van der Waals surface area contributed by atoms with Crippen LogP contribution >= 0.6 is 0 Å². The predicted octanol–water partition coefficient (Wildman–Crippen LogP) is 2.77. The van der Waals surface area contributed by atoms with Crippen molar-refractivity contribution in [2.45, 2.75) is 25.3 Å². The molecule has 5 heteroatoms. The summed E-state index contributed by atoms with van der Waals surface area (Å²) >= 11 is 0. The number of H-pyrrole nitrogens is 1. The van der Waals surface area contributed by atoms with E-state index in [0.717, 1.165) is 24.8 Å². The van der Waals surface area contributed by atoms with Crippen LogP contribution in [0.15, 0.2) is 42.5 Å². The Kier molecular flexibility index (Phi) is 3.11. The first-order valence-electron chi connectivity index (χ1n) is 7.50. The summed E-state index contributed by atoms with van der Waals surface area (Å²) in [7, 11) is 0. The molecule has 0 unspecified atom stereocenters. The van der Waals surface area contributed by atoms with Gasteiger partial charge in [-0.05, 0) is 48.6 Å². The van der Waals surface area contributed by atoms with Gasteiger partial charge in [0.2, 0.25) is 0 Å². The fraction of sp³-hybridized carbons (Fsp3) is 0.235. The lowest BCUT2D eigenvalue weighted by Gasteiger charge is -2.26. The van der Waals surface area contributed by atoms with Crippen LogP contribution in [0.1, 0.15) is 40.4 Å². The van der Waals surface area contributed by atoms with Crippen molar-refractivity contribution < 1.29 is 4.79 Å². The summed E-state index contributed by atoms with van der Waals surface area (Å²) in [5.41, 5.74) is 4.66. The molecular formula is C17H16N4O.